The fourth-order valence-electron chi connectivity index (χ4n) is 2.52. The lowest BCUT2D eigenvalue weighted by Gasteiger charge is -2.36. The van der Waals surface area contributed by atoms with E-state index in [4.69, 9.17) is 4.42 Å². The predicted octanol–water partition coefficient (Wildman–Crippen LogP) is 1.05. The molecule has 1 aromatic rings. The SMILES string of the molecule is C=CCN(C(=O)C(=O)c1ccco1)[C@]1(C)CCS(=O)(=O)C1. The number of hydrogen-bond acceptors (Lipinski definition) is 5. The maximum absolute atomic E-state index is 12.4. The Labute approximate surface area is 123 Å². The van der Waals surface area contributed by atoms with E-state index in [1.807, 2.05) is 0 Å². The number of hydrogen-bond donors (Lipinski definition) is 0. The largest absolute Gasteiger partial charge is 0.461 e. The van der Waals surface area contributed by atoms with Gasteiger partial charge < -0.3 is 9.32 Å². The second kappa shape index (κ2) is 5.48. The van der Waals surface area contributed by atoms with E-state index in [1.54, 1.807) is 6.92 Å². The highest BCUT2D eigenvalue weighted by Gasteiger charge is 2.46. The van der Waals surface area contributed by atoms with E-state index in [2.05, 4.69) is 6.58 Å². The van der Waals surface area contributed by atoms with Crippen molar-refractivity contribution in [1.82, 2.24) is 4.90 Å². The van der Waals surface area contributed by atoms with Crippen LogP contribution in [0.3, 0.4) is 0 Å². The summed E-state index contributed by atoms with van der Waals surface area (Å²) in [4.78, 5) is 25.8. The van der Waals surface area contributed by atoms with Gasteiger partial charge in [-0.05, 0) is 25.5 Å². The van der Waals surface area contributed by atoms with Crippen LogP contribution in [-0.4, -0.2) is 48.6 Å². The first-order valence-electron chi connectivity index (χ1n) is 6.50. The lowest BCUT2D eigenvalue weighted by Crippen LogP contribution is -2.53. The van der Waals surface area contributed by atoms with Gasteiger partial charge in [0, 0.05) is 6.54 Å². The molecule has 1 atom stereocenters. The quantitative estimate of drug-likeness (QED) is 0.461. The zero-order valence-electron chi connectivity index (χ0n) is 11.7. The molecule has 0 aromatic carbocycles. The summed E-state index contributed by atoms with van der Waals surface area (Å²) in [6.45, 7) is 5.35. The Morgan fingerprint density at radius 1 is 1.52 bits per heavy atom. The first-order valence-corrected chi connectivity index (χ1v) is 8.32. The molecule has 0 bridgehead atoms. The summed E-state index contributed by atoms with van der Waals surface area (Å²) in [7, 11) is -3.19. The molecule has 1 aromatic heterocycles. The predicted molar refractivity (Wildman–Crippen MR) is 76.6 cm³/mol. The summed E-state index contributed by atoms with van der Waals surface area (Å²) in [6.07, 6.45) is 3.09. The number of Topliss-reactive ketones (excluding diaryl/α,β-unsaturated/α-hetero) is 1. The molecule has 7 heteroatoms. The van der Waals surface area contributed by atoms with Crippen LogP contribution in [0.2, 0.25) is 0 Å². The van der Waals surface area contributed by atoms with Crippen LogP contribution in [0.1, 0.15) is 23.9 Å². The van der Waals surface area contributed by atoms with Crippen LogP contribution in [0, 0.1) is 0 Å². The fraction of sp³-hybridized carbons (Fsp3) is 0.429. The Hall–Kier alpha value is -1.89. The van der Waals surface area contributed by atoms with Gasteiger partial charge in [-0.25, -0.2) is 8.42 Å². The molecule has 1 aliphatic rings. The van der Waals surface area contributed by atoms with Crippen LogP contribution in [0.5, 0.6) is 0 Å². The van der Waals surface area contributed by atoms with Crippen molar-refractivity contribution in [1.29, 1.82) is 0 Å². The molecule has 2 rings (SSSR count). The van der Waals surface area contributed by atoms with Gasteiger partial charge in [0.1, 0.15) is 0 Å². The molecule has 1 fully saturated rings. The number of rotatable bonds is 5. The molecule has 21 heavy (non-hydrogen) atoms. The number of furan rings is 1. The Morgan fingerprint density at radius 2 is 2.24 bits per heavy atom. The molecular formula is C14H17NO5S. The third-order valence-electron chi connectivity index (χ3n) is 3.63. The second-order valence-electron chi connectivity index (χ2n) is 5.35. The highest BCUT2D eigenvalue weighted by molar-refractivity contribution is 7.91. The topological polar surface area (TPSA) is 84.7 Å². The summed E-state index contributed by atoms with van der Waals surface area (Å²) in [6, 6.07) is 2.92. The standard InChI is InChI=1S/C14H17NO5S/c1-3-7-15(14(2)6-9-21(18,19)10-14)13(17)12(16)11-5-4-8-20-11/h3-5,8H,1,6-7,9-10H2,2H3/t14-/m1/s1. The number of carbonyl (C=O) groups excluding carboxylic acids is 2. The van der Waals surface area contributed by atoms with Crippen LogP contribution < -0.4 is 0 Å². The van der Waals surface area contributed by atoms with E-state index in [0.29, 0.717) is 6.42 Å². The van der Waals surface area contributed by atoms with E-state index < -0.39 is 27.1 Å². The number of amides is 1. The Bertz CT molecular complexity index is 662. The minimum atomic E-state index is -3.19. The van der Waals surface area contributed by atoms with Gasteiger partial charge in [-0.1, -0.05) is 6.08 Å². The summed E-state index contributed by atoms with van der Waals surface area (Å²) in [5, 5.41) is 0. The van der Waals surface area contributed by atoms with Crippen LogP contribution in [-0.2, 0) is 14.6 Å². The van der Waals surface area contributed by atoms with Crippen LogP contribution >= 0.6 is 0 Å². The number of nitrogens with zero attached hydrogens (tertiary/aromatic N) is 1. The van der Waals surface area contributed by atoms with Crippen molar-refractivity contribution in [2.75, 3.05) is 18.1 Å². The molecule has 0 unspecified atom stereocenters. The van der Waals surface area contributed by atoms with Gasteiger partial charge in [0.25, 0.3) is 11.7 Å². The maximum atomic E-state index is 12.4. The van der Waals surface area contributed by atoms with E-state index in [-0.39, 0.29) is 23.8 Å². The van der Waals surface area contributed by atoms with E-state index in [9.17, 15) is 18.0 Å². The molecule has 1 amide bonds. The van der Waals surface area contributed by atoms with Gasteiger partial charge in [0.15, 0.2) is 15.6 Å². The minimum absolute atomic E-state index is 0.0133. The molecule has 2 heterocycles. The van der Waals surface area contributed by atoms with Crippen LogP contribution in [0.4, 0.5) is 0 Å². The molecule has 114 valence electrons. The summed E-state index contributed by atoms with van der Waals surface area (Å²) in [5.74, 6) is -1.75. The van der Waals surface area contributed by atoms with E-state index in [0.717, 1.165) is 0 Å². The van der Waals surface area contributed by atoms with Crippen molar-refractivity contribution >= 4 is 21.5 Å². The van der Waals surface area contributed by atoms with Gasteiger partial charge in [0.05, 0.1) is 23.3 Å². The number of carbonyl (C=O) groups is 2. The van der Waals surface area contributed by atoms with Crippen molar-refractivity contribution in [3.8, 4) is 0 Å². The third-order valence-corrected chi connectivity index (χ3v) is 5.52. The molecule has 0 N–H and O–H groups in total. The molecular weight excluding hydrogens is 294 g/mol. The molecule has 0 radical (unpaired) electrons. The zero-order chi connectivity index (χ0) is 15.7. The van der Waals surface area contributed by atoms with Gasteiger partial charge >= 0.3 is 0 Å². The summed E-state index contributed by atoms with van der Waals surface area (Å²) in [5.41, 5.74) is -0.896. The smallest absolute Gasteiger partial charge is 0.299 e. The summed E-state index contributed by atoms with van der Waals surface area (Å²) >= 11 is 0. The van der Waals surface area contributed by atoms with Crippen LogP contribution in [0.25, 0.3) is 0 Å². The third kappa shape index (κ3) is 3.07. The Kier molecular flexibility index (Phi) is 4.04. The molecule has 1 aliphatic heterocycles. The van der Waals surface area contributed by atoms with Crippen LogP contribution in [0.15, 0.2) is 35.5 Å². The van der Waals surface area contributed by atoms with Crippen molar-refractivity contribution < 1.29 is 22.4 Å². The molecule has 1 saturated heterocycles. The lowest BCUT2D eigenvalue weighted by atomic mass is 9.98. The molecule has 0 spiro atoms. The van der Waals surface area contributed by atoms with Gasteiger partial charge in [-0.3, -0.25) is 9.59 Å². The first kappa shape index (κ1) is 15.5. The van der Waals surface area contributed by atoms with Crippen molar-refractivity contribution in [3.63, 3.8) is 0 Å². The summed E-state index contributed by atoms with van der Waals surface area (Å²) < 4.78 is 28.4. The van der Waals surface area contributed by atoms with Gasteiger partial charge in [-0.2, -0.15) is 0 Å². The molecule has 0 saturated carbocycles. The van der Waals surface area contributed by atoms with Crippen molar-refractivity contribution in [2.24, 2.45) is 0 Å². The number of sulfone groups is 1. The Morgan fingerprint density at radius 3 is 2.71 bits per heavy atom. The van der Waals surface area contributed by atoms with Gasteiger partial charge in [0.2, 0.25) is 0 Å². The molecule has 6 nitrogen and oxygen atoms in total. The molecule has 0 aliphatic carbocycles. The fourth-order valence-corrected chi connectivity index (χ4v) is 4.66. The zero-order valence-corrected chi connectivity index (χ0v) is 12.6. The first-order chi connectivity index (χ1) is 9.79. The Balaban J connectivity index is 2.29. The van der Waals surface area contributed by atoms with E-state index in [1.165, 1.54) is 29.4 Å². The normalized spacial score (nSPS) is 23.7. The number of ketones is 1. The van der Waals surface area contributed by atoms with E-state index >= 15 is 0 Å². The van der Waals surface area contributed by atoms with Gasteiger partial charge in [-0.15, -0.1) is 6.58 Å². The maximum Gasteiger partial charge on any atom is 0.299 e. The second-order valence-corrected chi connectivity index (χ2v) is 7.53. The highest BCUT2D eigenvalue weighted by Crippen LogP contribution is 2.30. The average molecular weight is 311 g/mol. The average Bonchev–Trinajstić information content (AvgIpc) is 3.03. The van der Waals surface area contributed by atoms with Crippen molar-refractivity contribution in [2.45, 2.75) is 18.9 Å². The lowest BCUT2D eigenvalue weighted by molar-refractivity contribution is -0.130. The van der Waals surface area contributed by atoms with Crippen molar-refractivity contribution in [3.05, 3.63) is 36.8 Å². The minimum Gasteiger partial charge on any atom is -0.461 e. The monoisotopic (exact) mass is 311 g/mol. The highest BCUT2D eigenvalue weighted by atomic mass is 32.2.